The number of hydrogen-bond acceptors (Lipinski definition) is 4. The van der Waals surface area contributed by atoms with Gasteiger partial charge in [-0.2, -0.15) is 0 Å². The molecule has 2 amide bonds. The molecular formula is C18H18FN3O4S. The van der Waals surface area contributed by atoms with Crippen LogP contribution in [0.4, 0.5) is 15.8 Å². The van der Waals surface area contributed by atoms with E-state index in [4.69, 9.17) is 0 Å². The molecule has 7 nitrogen and oxygen atoms in total. The quantitative estimate of drug-likeness (QED) is 0.704. The molecule has 142 valence electrons. The third kappa shape index (κ3) is 4.89. The molecule has 0 aromatic heterocycles. The number of rotatable bonds is 6. The fraction of sp³-hybridized carbons (Fsp3) is 0.222. The lowest BCUT2D eigenvalue weighted by Crippen LogP contribution is -2.25. The van der Waals surface area contributed by atoms with E-state index in [1.807, 2.05) is 0 Å². The number of carbonyl (C=O) groups excluding carboxylic acids is 2. The van der Waals surface area contributed by atoms with Gasteiger partial charge < -0.3 is 10.6 Å². The van der Waals surface area contributed by atoms with Gasteiger partial charge in [-0.25, -0.2) is 17.5 Å². The molecule has 1 aliphatic carbocycles. The minimum atomic E-state index is -3.58. The van der Waals surface area contributed by atoms with Crippen molar-refractivity contribution in [2.45, 2.75) is 30.7 Å². The van der Waals surface area contributed by atoms with E-state index < -0.39 is 27.7 Å². The second-order valence-corrected chi connectivity index (χ2v) is 7.96. The Morgan fingerprint density at radius 2 is 1.70 bits per heavy atom. The summed E-state index contributed by atoms with van der Waals surface area (Å²) in [5, 5.41) is 4.91. The lowest BCUT2D eigenvalue weighted by molar-refractivity contribution is -0.114. The minimum Gasteiger partial charge on any atom is -0.324 e. The van der Waals surface area contributed by atoms with E-state index >= 15 is 0 Å². The van der Waals surface area contributed by atoms with Crippen LogP contribution in [0.3, 0.4) is 0 Å². The van der Waals surface area contributed by atoms with Gasteiger partial charge in [-0.3, -0.25) is 9.59 Å². The van der Waals surface area contributed by atoms with E-state index in [1.165, 1.54) is 43.3 Å². The third-order valence-electron chi connectivity index (χ3n) is 3.86. The number of halogens is 1. The van der Waals surface area contributed by atoms with Crippen LogP contribution in [0, 0.1) is 5.82 Å². The molecule has 3 N–H and O–H groups in total. The predicted octanol–water partition coefficient (Wildman–Crippen LogP) is 2.48. The molecule has 9 heteroatoms. The van der Waals surface area contributed by atoms with E-state index in [9.17, 15) is 22.4 Å². The number of benzene rings is 2. The molecule has 0 atom stereocenters. The average molecular weight is 391 g/mol. The zero-order valence-electron chi connectivity index (χ0n) is 14.5. The van der Waals surface area contributed by atoms with E-state index in [0.717, 1.165) is 18.9 Å². The van der Waals surface area contributed by atoms with Crippen LogP contribution in [0.2, 0.25) is 0 Å². The first kappa shape index (κ1) is 19.0. The molecule has 1 aliphatic rings. The first-order valence-electron chi connectivity index (χ1n) is 8.25. The maximum absolute atomic E-state index is 13.7. The standard InChI is InChI=1S/C18H18FN3O4S/c1-11(23)20-17-10-14(6-9-16(17)19)21-18(24)12-2-7-15(8-3-12)27(25,26)22-13-4-5-13/h2-3,6-10,13,22H,4-5H2,1H3,(H,20,23)(H,21,24). The Balaban J connectivity index is 1.72. The third-order valence-corrected chi connectivity index (χ3v) is 5.40. The number of hydrogen-bond donors (Lipinski definition) is 3. The Morgan fingerprint density at radius 1 is 1.04 bits per heavy atom. The Hall–Kier alpha value is -2.78. The normalized spacial score (nSPS) is 13.9. The smallest absolute Gasteiger partial charge is 0.255 e. The minimum absolute atomic E-state index is 0.00532. The van der Waals surface area contributed by atoms with Crippen LogP contribution in [-0.2, 0) is 14.8 Å². The van der Waals surface area contributed by atoms with E-state index in [0.29, 0.717) is 0 Å². The van der Waals surface area contributed by atoms with Crippen LogP contribution >= 0.6 is 0 Å². The first-order chi connectivity index (χ1) is 12.7. The molecule has 27 heavy (non-hydrogen) atoms. The van der Waals surface area contributed by atoms with Crippen LogP contribution in [0.15, 0.2) is 47.4 Å². The summed E-state index contributed by atoms with van der Waals surface area (Å²) in [4.78, 5) is 23.5. The summed E-state index contributed by atoms with van der Waals surface area (Å²) >= 11 is 0. The highest BCUT2D eigenvalue weighted by Crippen LogP contribution is 2.23. The topological polar surface area (TPSA) is 104 Å². The fourth-order valence-electron chi connectivity index (χ4n) is 2.37. The van der Waals surface area contributed by atoms with Crippen LogP contribution < -0.4 is 15.4 Å². The van der Waals surface area contributed by atoms with Crippen LogP contribution in [0.5, 0.6) is 0 Å². The Kier molecular flexibility index (Phi) is 5.24. The summed E-state index contributed by atoms with van der Waals surface area (Å²) in [5.74, 6) is -1.55. The predicted molar refractivity (Wildman–Crippen MR) is 98.4 cm³/mol. The van der Waals surface area contributed by atoms with Crippen molar-refractivity contribution in [3.05, 3.63) is 53.8 Å². The number of amides is 2. The molecule has 0 bridgehead atoms. The molecular weight excluding hydrogens is 373 g/mol. The lowest BCUT2D eigenvalue weighted by Gasteiger charge is -2.10. The van der Waals surface area contributed by atoms with E-state index in [-0.39, 0.29) is 27.9 Å². The van der Waals surface area contributed by atoms with Crippen molar-refractivity contribution < 1.29 is 22.4 Å². The molecule has 0 saturated heterocycles. The summed E-state index contributed by atoms with van der Waals surface area (Å²) in [6, 6.07) is 9.28. The summed E-state index contributed by atoms with van der Waals surface area (Å²) in [6.07, 6.45) is 1.66. The fourth-order valence-corrected chi connectivity index (χ4v) is 3.67. The van der Waals surface area contributed by atoms with Gasteiger partial charge in [0.25, 0.3) is 5.91 Å². The molecule has 1 fully saturated rings. The number of sulfonamides is 1. The Bertz CT molecular complexity index is 986. The number of nitrogens with one attached hydrogen (secondary N) is 3. The van der Waals surface area contributed by atoms with Gasteiger partial charge in [0.05, 0.1) is 10.6 Å². The monoisotopic (exact) mass is 391 g/mol. The van der Waals surface area contributed by atoms with E-state index in [2.05, 4.69) is 15.4 Å². The van der Waals surface area contributed by atoms with Crippen molar-refractivity contribution in [3.8, 4) is 0 Å². The second-order valence-electron chi connectivity index (χ2n) is 6.25. The van der Waals surface area contributed by atoms with Gasteiger partial charge in [-0.05, 0) is 55.3 Å². The lowest BCUT2D eigenvalue weighted by atomic mass is 10.2. The summed E-state index contributed by atoms with van der Waals surface area (Å²) in [7, 11) is -3.58. The molecule has 0 aliphatic heterocycles. The number of anilines is 2. The molecule has 3 rings (SSSR count). The molecule has 2 aromatic carbocycles. The van der Waals surface area contributed by atoms with Crippen LogP contribution in [-0.4, -0.2) is 26.3 Å². The van der Waals surface area contributed by atoms with Crippen molar-refractivity contribution >= 4 is 33.2 Å². The maximum Gasteiger partial charge on any atom is 0.255 e. The van der Waals surface area contributed by atoms with Gasteiger partial charge in [0.15, 0.2) is 0 Å². The first-order valence-corrected chi connectivity index (χ1v) is 9.74. The molecule has 1 saturated carbocycles. The van der Waals surface area contributed by atoms with Crippen molar-refractivity contribution in [2.75, 3.05) is 10.6 Å². The average Bonchev–Trinajstić information content (AvgIpc) is 3.41. The van der Waals surface area contributed by atoms with Crippen molar-refractivity contribution in [3.63, 3.8) is 0 Å². The highest BCUT2D eigenvalue weighted by atomic mass is 32.2. The van der Waals surface area contributed by atoms with Gasteiger partial charge in [0.1, 0.15) is 5.82 Å². The van der Waals surface area contributed by atoms with Gasteiger partial charge >= 0.3 is 0 Å². The number of carbonyl (C=O) groups is 2. The molecule has 2 aromatic rings. The van der Waals surface area contributed by atoms with Crippen LogP contribution in [0.25, 0.3) is 0 Å². The zero-order chi connectivity index (χ0) is 19.6. The van der Waals surface area contributed by atoms with E-state index in [1.54, 1.807) is 0 Å². The zero-order valence-corrected chi connectivity index (χ0v) is 15.3. The van der Waals surface area contributed by atoms with Crippen molar-refractivity contribution in [2.24, 2.45) is 0 Å². The van der Waals surface area contributed by atoms with Gasteiger partial charge in [0, 0.05) is 24.2 Å². The van der Waals surface area contributed by atoms with Crippen LogP contribution in [0.1, 0.15) is 30.1 Å². The largest absolute Gasteiger partial charge is 0.324 e. The highest BCUT2D eigenvalue weighted by molar-refractivity contribution is 7.89. The molecule has 0 unspecified atom stereocenters. The van der Waals surface area contributed by atoms with Crippen molar-refractivity contribution in [1.82, 2.24) is 4.72 Å². The SMILES string of the molecule is CC(=O)Nc1cc(NC(=O)c2ccc(S(=O)(=O)NC3CC3)cc2)ccc1F. The maximum atomic E-state index is 13.7. The van der Waals surface area contributed by atoms with Crippen molar-refractivity contribution in [1.29, 1.82) is 0 Å². The summed E-state index contributed by atoms with van der Waals surface area (Å²) in [5.41, 5.74) is 0.482. The molecule has 0 heterocycles. The van der Waals surface area contributed by atoms with Gasteiger partial charge in [-0.15, -0.1) is 0 Å². The second kappa shape index (κ2) is 7.45. The summed E-state index contributed by atoms with van der Waals surface area (Å²) < 4.78 is 40.5. The van der Waals surface area contributed by atoms with Gasteiger partial charge in [-0.1, -0.05) is 0 Å². The highest BCUT2D eigenvalue weighted by Gasteiger charge is 2.28. The van der Waals surface area contributed by atoms with Gasteiger partial charge in [0.2, 0.25) is 15.9 Å². The summed E-state index contributed by atoms with van der Waals surface area (Å²) in [6.45, 7) is 1.25. The Morgan fingerprint density at radius 3 is 2.30 bits per heavy atom. The Labute approximate surface area is 156 Å². The molecule has 0 radical (unpaired) electrons. The molecule has 0 spiro atoms.